The Morgan fingerprint density at radius 2 is 1.36 bits per heavy atom. The van der Waals surface area contributed by atoms with Gasteiger partial charge in [-0.15, -0.1) is 0 Å². The van der Waals surface area contributed by atoms with Crippen molar-refractivity contribution in [2.24, 2.45) is 0 Å². The number of nitrogens with zero attached hydrogens (tertiary/aromatic N) is 6. The van der Waals surface area contributed by atoms with Crippen molar-refractivity contribution in [3.05, 3.63) is 68.4 Å². The normalized spacial score (nSPS) is 21.3. The highest BCUT2D eigenvalue weighted by Gasteiger charge is 2.38. The molecule has 19 heteroatoms. The lowest BCUT2D eigenvalue weighted by molar-refractivity contribution is -0.150. The lowest BCUT2D eigenvalue weighted by Crippen LogP contribution is -2.35. The van der Waals surface area contributed by atoms with Gasteiger partial charge in [-0.05, 0) is 75.3 Å². The number of anilines is 2. The van der Waals surface area contributed by atoms with E-state index < -0.39 is 29.9 Å². The van der Waals surface area contributed by atoms with Crippen molar-refractivity contribution >= 4 is 74.4 Å². The first kappa shape index (κ1) is 39.8. The third kappa shape index (κ3) is 9.60. The number of carbonyl (C=O) groups excluding carboxylic acids is 1. The molecule has 0 spiro atoms. The minimum atomic E-state index is -0.775. The van der Waals surface area contributed by atoms with E-state index in [1.807, 2.05) is 39.8 Å². The van der Waals surface area contributed by atoms with Crippen LogP contribution in [0, 0.1) is 3.70 Å². The molecule has 3 fully saturated rings. The maximum atomic E-state index is 12.2. The largest absolute Gasteiger partial charge is 0.388 e. The minimum absolute atomic E-state index is 0.0616. The molecule has 4 atom stereocenters. The molecule has 294 valence electrons. The molecule has 1 aliphatic carbocycles. The van der Waals surface area contributed by atoms with Crippen molar-refractivity contribution in [3.63, 3.8) is 0 Å². The molecule has 1 aromatic carbocycles. The van der Waals surface area contributed by atoms with Crippen LogP contribution < -0.4 is 16.0 Å². The van der Waals surface area contributed by atoms with Crippen LogP contribution in [0.1, 0.15) is 50.9 Å². The fourth-order valence-electron chi connectivity index (χ4n) is 6.10. The molecule has 1 amide bonds. The molecular formula is C36H42Cl2IN9O7. The number of benzene rings is 1. The molecule has 5 aromatic rings. The second kappa shape index (κ2) is 16.2. The van der Waals surface area contributed by atoms with Crippen molar-refractivity contribution in [2.45, 2.75) is 82.6 Å². The highest BCUT2D eigenvalue weighted by molar-refractivity contribution is 14.1. The number of hydrogen-bond acceptors (Lipinski definition) is 13. The first-order chi connectivity index (χ1) is 26.1. The van der Waals surface area contributed by atoms with E-state index in [4.69, 9.17) is 42.1 Å². The summed E-state index contributed by atoms with van der Waals surface area (Å²) >= 11 is 14.4. The van der Waals surface area contributed by atoms with Gasteiger partial charge in [0.05, 0.1) is 54.9 Å². The first-order valence-electron chi connectivity index (χ1n) is 17.8. The van der Waals surface area contributed by atoms with Crippen LogP contribution in [0.5, 0.6) is 0 Å². The molecule has 3 aliphatic rings. The summed E-state index contributed by atoms with van der Waals surface area (Å²) in [4.78, 5) is 21.0. The predicted octanol–water partition coefficient (Wildman–Crippen LogP) is 4.78. The van der Waals surface area contributed by atoms with Gasteiger partial charge in [-0.1, -0.05) is 35.3 Å². The smallest absolute Gasteiger partial charge is 0.251 e. The van der Waals surface area contributed by atoms with Gasteiger partial charge in [-0.25, -0.2) is 19.0 Å². The van der Waals surface area contributed by atoms with E-state index in [0.717, 1.165) is 27.8 Å². The quantitative estimate of drug-likeness (QED) is 0.114. The van der Waals surface area contributed by atoms with Crippen molar-refractivity contribution in [1.29, 1.82) is 0 Å². The van der Waals surface area contributed by atoms with Crippen molar-refractivity contribution in [1.82, 2.24) is 34.5 Å². The number of aliphatic hydroxyl groups excluding tert-OH is 2. The minimum Gasteiger partial charge on any atom is -0.388 e. The van der Waals surface area contributed by atoms with Crippen LogP contribution in [0.15, 0.2) is 48.8 Å². The molecule has 16 nitrogen and oxygen atoms in total. The number of rotatable bonds is 11. The van der Waals surface area contributed by atoms with Crippen LogP contribution in [-0.2, 0) is 18.9 Å². The third-order valence-corrected chi connectivity index (χ3v) is 10.2. The van der Waals surface area contributed by atoms with Gasteiger partial charge < -0.3 is 45.1 Å². The van der Waals surface area contributed by atoms with E-state index >= 15 is 0 Å². The number of imidazole rings is 2. The van der Waals surface area contributed by atoms with E-state index in [0.29, 0.717) is 59.2 Å². The summed E-state index contributed by atoms with van der Waals surface area (Å²) in [6, 6.07) is 11.0. The Bertz CT molecular complexity index is 2160. The predicted molar refractivity (Wildman–Crippen MR) is 213 cm³/mol. The SMILES string of the molecule is CC1(C)OC[C@H]([C@@H](O)CNc2cc(Cl)nn3c(-c4ccc(C(=O)NC5CC5)cc4)cnc23)O1.CC1(C)OC[C@H]([C@@H](O)CNc2cc(Cl)nn3c(I)cnc23)O1. The van der Waals surface area contributed by atoms with Crippen molar-refractivity contribution in [3.8, 4) is 11.3 Å². The third-order valence-electron chi connectivity index (χ3n) is 9.11. The van der Waals surface area contributed by atoms with Crippen LogP contribution in [-0.4, -0.2) is 114 Å². The van der Waals surface area contributed by atoms with Gasteiger partial charge >= 0.3 is 0 Å². The monoisotopic (exact) mass is 909 g/mol. The van der Waals surface area contributed by atoms with Gasteiger partial charge in [0.1, 0.15) is 15.9 Å². The van der Waals surface area contributed by atoms with Crippen LogP contribution in [0.4, 0.5) is 11.4 Å². The lowest BCUT2D eigenvalue weighted by Gasteiger charge is -2.21. The van der Waals surface area contributed by atoms with E-state index in [2.05, 4.69) is 58.7 Å². The van der Waals surface area contributed by atoms with E-state index in [9.17, 15) is 15.0 Å². The van der Waals surface area contributed by atoms with E-state index in [1.165, 1.54) is 0 Å². The average molecular weight is 911 g/mol. The molecule has 55 heavy (non-hydrogen) atoms. The number of amides is 1. The molecule has 0 bridgehead atoms. The standard InChI is InChI=1S/C23H26ClN5O4.C13H16ClIN4O3/c1-23(2)32-12-19(33-23)18(30)11-25-16-9-20(24)28-29-17(10-26-21(16)29)13-3-5-14(6-4-13)22(31)27-15-7-8-15;1-13(2)21-6-9(22-13)8(20)4-16-7-3-10(14)18-19-11(15)5-17-12(7)19/h3-6,9-10,15,18-19,25,30H,7-8,11-12H2,1-2H3,(H,27,31);3,5,8-9,16,20H,4,6H2,1-2H3/t18-,19+;8-,9+/m00/s1. The summed E-state index contributed by atoms with van der Waals surface area (Å²) < 4.78 is 26.5. The number of carbonyl (C=O) groups is 1. The van der Waals surface area contributed by atoms with E-state index in [-0.39, 0.29) is 23.7 Å². The van der Waals surface area contributed by atoms with Gasteiger partial charge in [0, 0.05) is 42.4 Å². The highest BCUT2D eigenvalue weighted by atomic mass is 127. The van der Waals surface area contributed by atoms with Gasteiger partial charge in [0.2, 0.25) is 0 Å². The van der Waals surface area contributed by atoms with Crippen LogP contribution in [0.25, 0.3) is 22.6 Å². The van der Waals surface area contributed by atoms with Gasteiger partial charge in [0.15, 0.2) is 33.2 Å². The highest BCUT2D eigenvalue weighted by Crippen LogP contribution is 2.29. The zero-order chi connectivity index (χ0) is 39.1. The molecule has 4 aromatic heterocycles. The number of ether oxygens (including phenoxy) is 4. The molecule has 8 rings (SSSR count). The number of aliphatic hydroxyl groups is 2. The maximum Gasteiger partial charge on any atom is 0.251 e. The summed E-state index contributed by atoms with van der Waals surface area (Å²) in [7, 11) is 0. The van der Waals surface area contributed by atoms with Crippen molar-refractivity contribution in [2.75, 3.05) is 36.9 Å². The fourth-order valence-corrected chi connectivity index (χ4v) is 6.94. The fraction of sp³-hybridized carbons (Fsp3) is 0.472. The lowest BCUT2D eigenvalue weighted by atomic mass is 10.1. The summed E-state index contributed by atoms with van der Waals surface area (Å²) in [5, 5.41) is 39.3. The topological polar surface area (TPSA) is 191 Å². The molecule has 6 heterocycles. The second-order valence-corrected chi connectivity index (χ2v) is 16.3. The molecule has 0 unspecified atom stereocenters. The Morgan fingerprint density at radius 1 is 0.855 bits per heavy atom. The molecule has 1 saturated carbocycles. The Kier molecular flexibility index (Phi) is 11.7. The summed E-state index contributed by atoms with van der Waals surface area (Å²) in [5.74, 6) is -1.42. The van der Waals surface area contributed by atoms with Gasteiger partial charge in [0.25, 0.3) is 5.91 Å². The zero-order valence-corrected chi connectivity index (χ0v) is 34.2. The van der Waals surface area contributed by atoms with Gasteiger partial charge in [-0.2, -0.15) is 10.2 Å². The van der Waals surface area contributed by atoms with Crippen LogP contribution >= 0.6 is 45.8 Å². The molecule has 2 aliphatic heterocycles. The van der Waals surface area contributed by atoms with E-state index in [1.54, 1.807) is 45.7 Å². The molecular weight excluding hydrogens is 868 g/mol. The molecule has 2 saturated heterocycles. The number of hydrogen-bond donors (Lipinski definition) is 5. The number of nitrogens with one attached hydrogen (secondary N) is 3. The van der Waals surface area contributed by atoms with Gasteiger partial charge in [-0.3, -0.25) is 4.79 Å². The second-order valence-electron chi connectivity index (χ2n) is 14.4. The Balaban J connectivity index is 0.000000184. The zero-order valence-electron chi connectivity index (χ0n) is 30.5. The number of aromatic nitrogens is 6. The van der Waals surface area contributed by atoms with Crippen LogP contribution in [0.2, 0.25) is 10.3 Å². The summed E-state index contributed by atoms with van der Waals surface area (Å²) in [6.07, 6.45) is 3.23. The molecule has 0 radical (unpaired) electrons. The summed E-state index contributed by atoms with van der Waals surface area (Å²) in [6.45, 7) is 8.50. The Labute approximate surface area is 340 Å². The van der Waals surface area contributed by atoms with Crippen LogP contribution in [0.3, 0.4) is 0 Å². The number of halogens is 3. The first-order valence-corrected chi connectivity index (χ1v) is 19.6. The number of fused-ring (bicyclic) bond motifs is 2. The Hall–Kier alpha value is -3.40. The van der Waals surface area contributed by atoms with Crippen molar-refractivity contribution < 1.29 is 34.0 Å². The average Bonchev–Trinajstić information content (AvgIpc) is 3.39. The molecule has 5 N–H and O–H groups in total. The maximum absolute atomic E-state index is 12.2. The summed E-state index contributed by atoms with van der Waals surface area (Å²) in [5.41, 5.74) is 4.78. The Morgan fingerprint density at radius 3 is 1.87 bits per heavy atom.